The standard InChI is InChI=1S/C14H14FN3O/c1-8-6-9(15)2-4-12(8)18-13-5-3-10(16)7-11(13)14(17)19/h2-7,18H,16H2,1H3,(H2,17,19). The van der Waals surface area contributed by atoms with E-state index in [-0.39, 0.29) is 5.82 Å². The van der Waals surface area contributed by atoms with Crippen LogP contribution in [0.5, 0.6) is 0 Å². The maximum atomic E-state index is 13.0. The number of rotatable bonds is 3. The van der Waals surface area contributed by atoms with E-state index < -0.39 is 5.91 Å². The summed E-state index contributed by atoms with van der Waals surface area (Å²) in [6, 6.07) is 9.18. The number of benzene rings is 2. The maximum absolute atomic E-state index is 13.0. The minimum Gasteiger partial charge on any atom is -0.399 e. The summed E-state index contributed by atoms with van der Waals surface area (Å²) in [7, 11) is 0. The van der Waals surface area contributed by atoms with Crippen molar-refractivity contribution in [2.75, 3.05) is 11.1 Å². The van der Waals surface area contributed by atoms with Gasteiger partial charge in [-0.25, -0.2) is 4.39 Å². The summed E-state index contributed by atoms with van der Waals surface area (Å²) >= 11 is 0. The Labute approximate surface area is 110 Å². The number of anilines is 3. The van der Waals surface area contributed by atoms with Gasteiger partial charge in [-0.05, 0) is 48.9 Å². The fourth-order valence-electron chi connectivity index (χ4n) is 1.79. The average Bonchev–Trinajstić information content (AvgIpc) is 2.34. The Morgan fingerprint density at radius 2 is 1.84 bits per heavy atom. The van der Waals surface area contributed by atoms with E-state index in [0.717, 1.165) is 5.56 Å². The fourth-order valence-corrected chi connectivity index (χ4v) is 1.79. The molecule has 0 spiro atoms. The third-order valence-electron chi connectivity index (χ3n) is 2.77. The molecule has 5 N–H and O–H groups in total. The van der Waals surface area contributed by atoms with E-state index in [9.17, 15) is 9.18 Å². The van der Waals surface area contributed by atoms with Crippen molar-refractivity contribution in [1.82, 2.24) is 0 Å². The van der Waals surface area contributed by atoms with Crippen molar-refractivity contribution in [3.63, 3.8) is 0 Å². The van der Waals surface area contributed by atoms with Crippen LogP contribution in [-0.4, -0.2) is 5.91 Å². The molecule has 0 aliphatic carbocycles. The van der Waals surface area contributed by atoms with Crippen LogP contribution in [0.3, 0.4) is 0 Å². The molecule has 1 amide bonds. The molecule has 5 heteroatoms. The first-order chi connectivity index (χ1) is 8.97. The van der Waals surface area contributed by atoms with E-state index in [1.807, 2.05) is 0 Å². The van der Waals surface area contributed by atoms with Crippen LogP contribution in [0.2, 0.25) is 0 Å². The van der Waals surface area contributed by atoms with Gasteiger partial charge in [-0.3, -0.25) is 4.79 Å². The molecule has 0 aliphatic rings. The number of hydrogen-bond donors (Lipinski definition) is 3. The van der Waals surface area contributed by atoms with Gasteiger partial charge >= 0.3 is 0 Å². The van der Waals surface area contributed by atoms with Crippen molar-refractivity contribution >= 4 is 23.0 Å². The Balaban J connectivity index is 2.40. The van der Waals surface area contributed by atoms with Gasteiger partial charge in [0.25, 0.3) is 5.91 Å². The molecule has 0 atom stereocenters. The molecule has 0 aliphatic heterocycles. The van der Waals surface area contributed by atoms with Gasteiger partial charge in [-0.2, -0.15) is 0 Å². The molecule has 0 bridgehead atoms. The van der Waals surface area contributed by atoms with Crippen LogP contribution in [-0.2, 0) is 0 Å². The van der Waals surface area contributed by atoms with Gasteiger partial charge in [0.05, 0.1) is 11.3 Å². The Bertz CT molecular complexity index is 641. The quantitative estimate of drug-likeness (QED) is 0.741. The summed E-state index contributed by atoms with van der Waals surface area (Å²) in [5, 5.41) is 3.05. The minimum absolute atomic E-state index is 0.295. The second-order valence-electron chi connectivity index (χ2n) is 4.25. The van der Waals surface area contributed by atoms with Crippen LogP contribution in [0, 0.1) is 12.7 Å². The van der Waals surface area contributed by atoms with Gasteiger partial charge in [0.15, 0.2) is 0 Å². The molecular formula is C14H14FN3O. The average molecular weight is 259 g/mol. The van der Waals surface area contributed by atoms with Crippen molar-refractivity contribution < 1.29 is 9.18 Å². The van der Waals surface area contributed by atoms with Crippen LogP contribution < -0.4 is 16.8 Å². The molecule has 2 aromatic rings. The number of amides is 1. The Kier molecular flexibility index (Phi) is 3.37. The van der Waals surface area contributed by atoms with E-state index in [1.54, 1.807) is 25.1 Å². The van der Waals surface area contributed by atoms with Crippen molar-refractivity contribution in [2.24, 2.45) is 5.73 Å². The first kappa shape index (κ1) is 12.9. The highest BCUT2D eigenvalue weighted by atomic mass is 19.1. The number of hydrogen-bond acceptors (Lipinski definition) is 3. The monoisotopic (exact) mass is 259 g/mol. The number of nitrogens with one attached hydrogen (secondary N) is 1. The van der Waals surface area contributed by atoms with Crippen LogP contribution in [0.15, 0.2) is 36.4 Å². The largest absolute Gasteiger partial charge is 0.399 e. The predicted molar refractivity (Wildman–Crippen MR) is 73.8 cm³/mol. The first-order valence-electron chi connectivity index (χ1n) is 5.70. The van der Waals surface area contributed by atoms with E-state index >= 15 is 0 Å². The van der Waals surface area contributed by atoms with Crippen LogP contribution >= 0.6 is 0 Å². The molecule has 19 heavy (non-hydrogen) atoms. The van der Waals surface area contributed by atoms with E-state index in [0.29, 0.717) is 22.6 Å². The van der Waals surface area contributed by atoms with Crippen LogP contribution in [0.4, 0.5) is 21.5 Å². The third kappa shape index (κ3) is 2.82. The van der Waals surface area contributed by atoms with Crippen molar-refractivity contribution in [2.45, 2.75) is 6.92 Å². The van der Waals surface area contributed by atoms with Gasteiger partial charge in [-0.1, -0.05) is 0 Å². The number of aryl methyl sites for hydroxylation is 1. The normalized spacial score (nSPS) is 10.2. The topological polar surface area (TPSA) is 81.1 Å². The SMILES string of the molecule is Cc1cc(F)ccc1Nc1ccc(N)cc1C(N)=O. The summed E-state index contributed by atoms with van der Waals surface area (Å²) in [6.07, 6.45) is 0. The smallest absolute Gasteiger partial charge is 0.250 e. The van der Waals surface area contributed by atoms with Crippen molar-refractivity contribution in [1.29, 1.82) is 0 Å². The Hall–Kier alpha value is -2.56. The highest BCUT2D eigenvalue weighted by Gasteiger charge is 2.10. The number of halogens is 1. The maximum Gasteiger partial charge on any atom is 0.250 e. The number of carbonyl (C=O) groups is 1. The lowest BCUT2D eigenvalue weighted by Crippen LogP contribution is -2.14. The Morgan fingerprint density at radius 3 is 2.47 bits per heavy atom. The summed E-state index contributed by atoms with van der Waals surface area (Å²) in [6.45, 7) is 1.77. The molecule has 0 heterocycles. The minimum atomic E-state index is -0.574. The van der Waals surface area contributed by atoms with Crippen LogP contribution in [0.1, 0.15) is 15.9 Å². The second-order valence-corrected chi connectivity index (χ2v) is 4.25. The lowest BCUT2D eigenvalue weighted by atomic mass is 10.1. The molecule has 4 nitrogen and oxygen atoms in total. The van der Waals surface area contributed by atoms with Gasteiger partial charge in [0.2, 0.25) is 0 Å². The molecule has 0 aromatic heterocycles. The highest BCUT2D eigenvalue weighted by Crippen LogP contribution is 2.25. The van der Waals surface area contributed by atoms with Crippen molar-refractivity contribution in [3.05, 3.63) is 53.3 Å². The zero-order valence-electron chi connectivity index (χ0n) is 10.4. The molecule has 2 aromatic carbocycles. The highest BCUT2D eigenvalue weighted by molar-refractivity contribution is 6.00. The van der Waals surface area contributed by atoms with E-state index in [2.05, 4.69) is 5.32 Å². The number of nitrogen functional groups attached to an aromatic ring is 1. The van der Waals surface area contributed by atoms with E-state index in [1.165, 1.54) is 18.2 Å². The van der Waals surface area contributed by atoms with Gasteiger partial charge in [0, 0.05) is 11.4 Å². The van der Waals surface area contributed by atoms with Gasteiger partial charge in [0.1, 0.15) is 5.82 Å². The number of primary amides is 1. The molecule has 0 saturated heterocycles. The lowest BCUT2D eigenvalue weighted by molar-refractivity contribution is 0.100. The summed E-state index contributed by atoms with van der Waals surface area (Å²) in [4.78, 5) is 11.4. The number of nitrogens with two attached hydrogens (primary N) is 2. The molecule has 98 valence electrons. The number of carbonyl (C=O) groups excluding carboxylic acids is 1. The van der Waals surface area contributed by atoms with Gasteiger partial charge in [-0.15, -0.1) is 0 Å². The molecule has 0 saturated carbocycles. The van der Waals surface area contributed by atoms with Gasteiger partial charge < -0.3 is 16.8 Å². The third-order valence-corrected chi connectivity index (χ3v) is 2.77. The summed E-state index contributed by atoms with van der Waals surface area (Å²) in [5.74, 6) is -0.884. The lowest BCUT2D eigenvalue weighted by Gasteiger charge is -2.13. The van der Waals surface area contributed by atoms with Crippen LogP contribution in [0.25, 0.3) is 0 Å². The van der Waals surface area contributed by atoms with E-state index in [4.69, 9.17) is 11.5 Å². The molecule has 0 unspecified atom stereocenters. The molecule has 0 radical (unpaired) electrons. The predicted octanol–water partition coefficient (Wildman–Crippen LogP) is 2.56. The first-order valence-corrected chi connectivity index (χ1v) is 5.70. The molecule has 2 rings (SSSR count). The fraction of sp³-hybridized carbons (Fsp3) is 0.0714. The van der Waals surface area contributed by atoms with Crippen molar-refractivity contribution in [3.8, 4) is 0 Å². The Morgan fingerprint density at radius 1 is 1.16 bits per heavy atom. The zero-order valence-corrected chi connectivity index (χ0v) is 10.4. The summed E-state index contributed by atoms with van der Waals surface area (Å²) in [5.41, 5.74) is 13.6. The molecule has 0 fully saturated rings. The second kappa shape index (κ2) is 4.97. The summed E-state index contributed by atoms with van der Waals surface area (Å²) < 4.78 is 13.0. The zero-order chi connectivity index (χ0) is 14.0. The molecular weight excluding hydrogens is 245 g/mol.